The van der Waals surface area contributed by atoms with E-state index in [9.17, 15) is 17.6 Å². The molecule has 20 heavy (non-hydrogen) atoms. The second-order valence-electron chi connectivity index (χ2n) is 3.70. The first kappa shape index (κ1) is 14.6. The lowest BCUT2D eigenvalue weighted by molar-refractivity contribution is 0.409. The number of azo groups is 1. The molecule has 1 aromatic heterocycles. The number of pyridine rings is 1. The number of halogens is 5. The number of hydrogen-bond donors (Lipinski definition) is 0. The van der Waals surface area contributed by atoms with Crippen LogP contribution in [0.3, 0.4) is 0 Å². The third-order valence-corrected chi connectivity index (χ3v) is 2.84. The van der Waals surface area contributed by atoms with Gasteiger partial charge < -0.3 is 0 Å². The number of nitrogens with zero attached hydrogens (tertiary/aromatic N) is 3. The van der Waals surface area contributed by atoms with Crippen LogP contribution in [0, 0.1) is 23.5 Å². The van der Waals surface area contributed by atoms with Gasteiger partial charge in [0.2, 0.25) is 11.6 Å². The highest BCUT2D eigenvalue weighted by Gasteiger charge is 2.20. The van der Waals surface area contributed by atoms with Crippen molar-refractivity contribution >= 4 is 21.6 Å². The number of hydrogen-bond acceptors (Lipinski definition) is 3. The highest BCUT2D eigenvalue weighted by atomic mass is 79.9. The summed E-state index contributed by atoms with van der Waals surface area (Å²) in [7, 11) is 0. The Bertz CT molecular complexity index is 632. The third kappa shape index (κ3) is 3.19. The fourth-order valence-corrected chi connectivity index (χ4v) is 1.61. The van der Waals surface area contributed by atoms with Gasteiger partial charge in [0.05, 0.1) is 6.54 Å². The molecule has 8 heteroatoms. The summed E-state index contributed by atoms with van der Waals surface area (Å²) in [6, 6.07) is 6.92. The topological polar surface area (TPSA) is 37.6 Å². The van der Waals surface area contributed by atoms with Crippen molar-refractivity contribution in [3.63, 3.8) is 0 Å². The van der Waals surface area contributed by atoms with Gasteiger partial charge in [0.25, 0.3) is 11.9 Å². The molecule has 1 heterocycles. The van der Waals surface area contributed by atoms with Crippen molar-refractivity contribution in [3.05, 3.63) is 57.8 Å². The Morgan fingerprint density at radius 3 is 2.05 bits per heavy atom. The monoisotopic (exact) mass is 347 g/mol. The summed E-state index contributed by atoms with van der Waals surface area (Å²) in [5.41, 5.74) is -0.417. The van der Waals surface area contributed by atoms with Crippen molar-refractivity contribution in [1.29, 1.82) is 0 Å². The van der Waals surface area contributed by atoms with Crippen LogP contribution in [0.5, 0.6) is 0 Å². The second kappa shape index (κ2) is 6.08. The Hall–Kier alpha value is -1.83. The summed E-state index contributed by atoms with van der Waals surface area (Å²) in [5.74, 6) is -6.88. The average Bonchev–Trinajstić information content (AvgIpc) is 2.42. The van der Waals surface area contributed by atoms with E-state index in [0.717, 1.165) is 4.47 Å². The van der Waals surface area contributed by atoms with E-state index in [1.165, 1.54) is 0 Å². The molecule has 0 saturated carbocycles. The van der Waals surface area contributed by atoms with Crippen LogP contribution >= 0.6 is 15.9 Å². The third-order valence-electron chi connectivity index (χ3n) is 2.31. The van der Waals surface area contributed by atoms with Crippen LogP contribution in [-0.2, 0) is 6.54 Å². The first-order valence-electron chi connectivity index (χ1n) is 5.31. The van der Waals surface area contributed by atoms with E-state index in [-0.39, 0.29) is 6.54 Å². The van der Waals surface area contributed by atoms with Gasteiger partial charge in [0.1, 0.15) is 0 Å². The maximum atomic E-state index is 13.2. The normalized spacial score (nSPS) is 11.2. The minimum absolute atomic E-state index is 0.0116. The zero-order valence-corrected chi connectivity index (χ0v) is 11.3. The molecule has 0 unspecified atom stereocenters. The van der Waals surface area contributed by atoms with Crippen molar-refractivity contribution < 1.29 is 17.6 Å². The molecule has 1 aromatic carbocycles. The summed E-state index contributed by atoms with van der Waals surface area (Å²) in [5, 5.41) is 6.70. The van der Waals surface area contributed by atoms with Gasteiger partial charge >= 0.3 is 0 Å². The highest BCUT2D eigenvalue weighted by Crippen LogP contribution is 2.25. The standard InChI is InChI=1S/C12H6BrF4N3/c13-7-3-1-6(2-4-7)5-18-20-10-8(14)11(16)19-12(17)9(10)15/h1-4H,5H2. The molecule has 0 N–H and O–H groups in total. The van der Waals surface area contributed by atoms with E-state index in [2.05, 4.69) is 31.1 Å². The van der Waals surface area contributed by atoms with Crippen molar-refractivity contribution in [2.45, 2.75) is 6.54 Å². The van der Waals surface area contributed by atoms with Crippen molar-refractivity contribution in [2.24, 2.45) is 10.2 Å². The zero-order chi connectivity index (χ0) is 14.7. The molecule has 0 aliphatic rings. The van der Waals surface area contributed by atoms with Crippen LogP contribution in [-0.4, -0.2) is 4.98 Å². The van der Waals surface area contributed by atoms with Gasteiger partial charge in [-0.3, -0.25) is 0 Å². The predicted octanol–water partition coefficient (Wildman–Crippen LogP) is 4.68. The molecule has 0 radical (unpaired) electrons. The van der Waals surface area contributed by atoms with Crippen LogP contribution in [0.1, 0.15) is 5.56 Å². The summed E-state index contributed by atoms with van der Waals surface area (Å²) in [6.07, 6.45) is 0. The quantitative estimate of drug-likeness (QED) is 0.451. The lowest BCUT2D eigenvalue weighted by Gasteiger charge is -2.00. The minimum atomic E-state index is -1.76. The van der Waals surface area contributed by atoms with Crippen LogP contribution < -0.4 is 0 Å². The Morgan fingerprint density at radius 1 is 0.950 bits per heavy atom. The number of aromatic nitrogens is 1. The molecule has 0 aliphatic carbocycles. The van der Waals surface area contributed by atoms with Crippen molar-refractivity contribution in [1.82, 2.24) is 4.98 Å². The molecular formula is C12H6BrF4N3. The lowest BCUT2D eigenvalue weighted by Crippen LogP contribution is -1.99. The first-order valence-corrected chi connectivity index (χ1v) is 6.10. The van der Waals surface area contributed by atoms with Crippen molar-refractivity contribution in [3.8, 4) is 0 Å². The van der Waals surface area contributed by atoms with E-state index in [1.807, 2.05) is 0 Å². The molecule has 3 nitrogen and oxygen atoms in total. The maximum absolute atomic E-state index is 13.2. The van der Waals surface area contributed by atoms with Crippen molar-refractivity contribution in [2.75, 3.05) is 0 Å². The molecule has 0 amide bonds. The van der Waals surface area contributed by atoms with Crippen LogP contribution in [0.2, 0.25) is 0 Å². The Kier molecular flexibility index (Phi) is 4.43. The summed E-state index contributed by atoms with van der Waals surface area (Å²) in [4.78, 5) is 2.42. The second-order valence-corrected chi connectivity index (χ2v) is 4.61. The maximum Gasteiger partial charge on any atom is 0.254 e. The fourth-order valence-electron chi connectivity index (χ4n) is 1.34. The van der Waals surface area contributed by atoms with E-state index < -0.39 is 29.2 Å². The van der Waals surface area contributed by atoms with Gasteiger partial charge in [0, 0.05) is 4.47 Å². The summed E-state index contributed by atoms with van der Waals surface area (Å²) in [6.45, 7) is 0.0116. The van der Waals surface area contributed by atoms with Crippen LogP contribution in [0.25, 0.3) is 0 Å². The van der Waals surface area contributed by atoms with Gasteiger partial charge in [-0.1, -0.05) is 28.1 Å². The Labute approximate surface area is 119 Å². The molecule has 0 bridgehead atoms. The summed E-state index contributed by atoms with van der Waals surface area (Å²) < 4.78 is 52.9. The molecule has 2 rings (SSSR count). The first-order chi connectivity index (χ1) is 9.49. The molecular weight excluding hydrogens is 342 g/mol. The van der Waals surface area contributed by atoms with Crippen LogP contribution in [0.4, 0.5) is 23.2 Å². The Morgan fingerprint density at radius 2 is 1.50 bits per heavy atom. The number of rotatable bonds is 3. The molecule has 0 spiro atoms. The molecule has 0 fully saturated rings. The zero-order valence-electron chi connectivity index (χ0n) is 9.75. The van der Waals surface area contributed by atoms with Gasteiger partial charge in [-0.15, -0.1) is 5.11 Å². The van der Waals surface area contributed by atoms with E-state index in [0.29, 0.717) is 5.56 Å². The minimum Gasteiger partial charge on any atom is -0.199 e. The lowest BCUT2D eigenvalue weighted by atomic mass is 10.2. The van der Waals surface area contributed by atoms with Gasteiger partial charge in [-0.25, -0.2) is 0 Å². The van der Waals surface area contributed by atoms with Gasteiger partial charge in [-0.05, 0) is 17.7 Å². The van der Waals surface area contributed by atoms with Gasteiger partial charge in [0.15, 0.2) is 5.69 Å². The van der Waals surface area contributed by atoms with Crippen LogP contribution in [0.15, 0.2) is 39.0 Å². The number of benzene rings is 1. The largest absolute Gasteiger partial charge is 0.254 e. The molecule has 0 saturated heterocycles. The SMILES string of the molecule is Fc1nc(F)c(F)c(N=NCc2ccc(Br)cc2)c1F. The molecule has 2 aromatic rings. The molecule has 0 aliphatic heterocycles. The summed E-state index contributed by atoms with van der Waals surface area (Å²) >= 11 is 3.24. The van der Waals surface area contributed by atoms with E-state index in [1.54, 1.807) is 24.3 Å². The average molecular weight is 348 g/mol. The van der Waals surface area contributed by atoms with E-state index in [4.69, 9.17) is 0 Å². The fraction of sp³-hybridized carbons (Fsp3) is 0.0833. The molecule has 104 valence electrons. The smallest absolute Gasteiger partial charge is 0.199 e. The molecule has 0 atom stereocenters. The predicted molar refractivity (Wildman–Crippen MR) is 66.4 cm³/mol. The van der Waals surface area contributed by atoms with Gasteiger partial charge in [-0.2, -0.15) is 27.7 Å². The Balaban J connectivity index is 2.22. The van der Waals surface area contributed by atoms with E-state index >= 15 is 0 Å². The highest BCUT2D eigenvalue weighted by molar-refractivity contribution is 9.10.